The molecule has 0 bridgehead atoms. The molecular formula is C18H26O. The number of ketones is 1. The van der Waals surface area contributed by atoms with Crippen LogP contribution in [0.3, 0.4) is 0 Å². The number of allylic oxidation sites excluding steroid dienone is 1. The van der Waals surface area contributed by atoms with Crippen LogP contribution >= 0.6 is 0 Å². The van der Waals surface area contributed by atoms with Gasteiger partial charge in [-0.25, -0.2) is 0 Å². The maximum atomic E-state index is 12.4. The third-order valence-corrected chi connectivity index (χ3v) is 3.56. The highest BCUT2D eigenvalue weighted by Crippen LogP contribution is 2.28. The molecule has 0 saturated heterocycles. The summed E-state index contributed by atoms with van der Waals surface area (Å²) in [5, 5.41) is 0. The van der Waals surface area contributed by atoms with Gasteiger partial charge in [-0.2, -0.15) is 0 Å². The number of rotatable bonds is 4. The van der Waals surface area contributed by atoms with E-state index in [-0.39, 0.29) is 17.1 Å². The van der Waals surface area contributed by atoms with Crippen molar-refractivity contribution in [2.75, 3.05) is 0 Å². The first-order valence-corrected chi connectivity index (χ1v) is 7.04. The van der Waals surface area contributed by atoms with Gasteiger partial charge in [0.25, 0.3) is 0 Å². The molecule has 0 heterocycles. The van der Waals surface area contributed by atoms with Crippen LogP contribution in [0.4, 0.5) is 0 Å². The van der Waals surface area contributed by atoms with Crippen LogP contribution in [-0.2, 0) is 0 Å². The highest BCUT2D eigenvalue weighted by Gasteiger charge is 2.27. The van der Waals surface area contributed by atoms with Crippen molar-refractivity contribution >= 4 is 11.9 Å². The Bertz CT molecular complexity index is 444. The molecule has 19 heavy (non-hydrogen) atoms. The van der Waals surface area contributed by atoms with Crippen LogP contribution in [0, 0.1) is 17.3 Å². The minimum Gasteiger partial charge on any atom is -0.294 e. The summed E-state index contributed by atoms with van der Waals surface area (Å²) in [5.41, 5.74) is 1.96. The number of hydrogen-bond donors (Lipinski definition) is 0. The number of carbonyl (C=O) groups excluding carboxylic acids is 1. The summed E-state index contributed by atoms with van der Waals surface area (Å²) in [6.45, 7) is 12.6. The highest BCUT2D eigenvalue weighted by molar-refractivity contribution is 5.98. The van der Waals surface area contributed by atoms with Crippen molar-refractivity contribution in [3.8, 4) is 0 Å². The van der Waals surface area contributed by atoms with E-state index in [1.165, 1.54) is 0 Å². The lowest BCUT2D eigenvalue weighted by molar-refractivity contribution is 0.0839. The lowest BCUT2D eigenvalue weighted by Crippen LogP contribution is -2.25. The lowest BCUT2D eigenvalue weighted by Gasteiger charge is -2.25. The first kappa shape index (κ1) is 15.7. The molecule has 1 heteroatoms. The molecule has 104 valence electrons. The molecule has 1 nitrogen and oxygen atoms in total. The zero-order valence-corrected chi connectivity index (χ0v) is 13.0. The van der Waals surface area contributed by atoms with Gasteiger partial charge in [-0.05, 0) is 16.9 Å². The molecule has 1 aromatic carbocycles. The molecule has 0 fully saturated rings. The normalized spacial score (nSPS) is 14.1. The Kier molecular flexibility index (Phi) is 5.11. The summed E-state index contributed by atoms with van der Waals surface area (Å²) in [4.78, 5) is 12.4. The summed E-state index contributed by atoms with van der Waals surface area (Å²) < 4.78 is 0. The van der Waals surface area contributed by atoms with Crippen molar-refractivity contribution in [2.24, 2.45) is 17.3 Å². The predicted octanol–water partition coefficient (Wildman–Crippen LogP) is 5.22. The Hall–Kier alpha value is -1.37. The van der Waals surface area contributed by atoms with Gasteiger partial charge in [-0.1, -0.05) is 78.0 Å². The van der Waals surface area contributed by atoms with Crippen LogP contribution in [0.25, 0.3) is 6.08 Å². The van der Waals surface area contributed by atoms with Gasteiger partial charge in [-0.3, -0.25) is 4.79 Å². The predicted molar refractivity (Wildman–Crippen MR) is 83.3 cm³/mol. The van der Waals surface area contributed by atoms with E-state index in [0.29, 0.717) is 5.92 Å². The van der Waals surface area contributed by atoms with Crippen LogP contribution in [-0.4, -0.2) is 5.78 Å². The van der Waals surface area contributed by atoms with Gasteiger partial charge < -0.3 is 0 Å². The SMILES string of the molecule is CC(C)/C=C/c1ccc(C(=O)C(C)C(C)(C)C)cc1. The van der Waals surface area contributed by atoms with E-state index in [1.807, 2.05) is 31.2 Å². The maximum absolute atomic E-state index is 12.4. The Morgan fingerprint density at radius 3 is 2.00 bits per heavy atom. The fourth-order valence-corrected chi connectivity index (χ4v) is 1.71. The van der Waals surface area contributed by atoms with Crippen LogP contribution in [0.5, 0.6) is 0 Å². The molecule has 0 saturated carbocycles. The molecule has 1 rings (SSSR count). The van der Waals surface area contributed by atoms with E-state index < -0.39 is 0 Å². The zero-order valence-electron chi connectivity index (χ0n) is 13.0. The maximum Gasteiger partial charge on any atom is 0.166 e. The van der Waals surface area contributed by atoms with Crippen molar-refractivity contribution in [3.63, 3.8) is 0 Å². The summed E-state index contributed by atoms with van der Waals surface area (Å²) in [7, 11) is 0. The fraction of sp³-hybridized carbons (Fsp3) is 0.500. The van der Waals surface area contributed by atoms with E-state index in [0.717, 1.165) is 11.1 Å². The molecule has 0 N–H and O–H groups in total. The second kappa shape index (κ2) is 6.18. The van der Waals surface area contributed by atoms with Gasteiger partial charge >= 0.3 is 0 Å². The van der Waals surface area contributed by atoms with E-state index in [2.05, 4.69) is 46.8 Å². The number of benzene rings is 1. The molecule has 0 aliphatic rings. The minimum atomic E-state index is 0.00724. The van der Waals surface area contributed by atoms with Gasteiger partial charge in [0.15, 0.2) is 5.78 Å². The van der Waals surface area contributed by atoms with Crippen molar-refractivity contribution in [1.82, 2.24) is 0 Å². The molecule has 1 unspecified atom stereocenters. The summed E-state index contributed by atoms with van der Waals surface area (Å²) >= 11 is 0. The Balaban J connectivity index is 2.85. The number of carbonyl (C=O) groups is 1. The molecule has 0 aliphatic carbocycles. The first-order chi connectivity index (χ1) is 8.71. The topological polar surface area (TPSA) is 17.1 Å². The Morgan fingerprint density at radius 2 is 1.58 bits per heavy atom. The summed E-state index contributed by atoms with van der Waals surface area (Å²) in [6, 6.07) is 7.90. The zero-order chi connectivity index (χ0) is 14.6. The van der Waals surface area contributed by atoms with Gasteiger partial charge in [0.05, 0.1) is 0 Å². The quantitative estimate of drug-likeness (QED) is 0.677. The second-order valence-electron chi connectivity index (χ2n) is 6.68. The van der Waals surface area contributed by atoms with Crippen molar-refractivity contribution in [1.29, 1.82) is 0 Å². The monoisotopic (exact) mass is 258 g/mol. The van der Waals surface area contributed by atoms with E-state index in [9.17, 15) is 4.79 Å². The smallest absolute Gasteiger partial charge is 0.166 e. The first-order valence-electron chi connectivity index (χ1n) is 7.04. The molecule has 1 atom stereocenters. The number of hydrogen-bond acceptors (Lipinski definition) is 1. The van der Waals surface area contributed by atoms with Crippen LogP contribution in [0.15, 0.2) is 30.3 Å². The van der Waals surface area contributed by atoms with Gasteiger partial charge in [0.2, 0.25) is 0 Å². The van der Waals surface area contributed by atoms with E-state index >= 15 is 0 Å². The fourth-order valence-electron chi connectivity index (χ4n) is 1.71. The Morgan fingerprint density at radius 1 is 1.05 bits per heavy atom. The minimum absolute atomic E-state index is 0.00724. The summed E-state index contributed by atoms with van der Waals surface area (Å²) in [6.07, 6.45) is 4.26. The lowest BCUT2D eigenvalue weighted by atomic mass is 9.78. The molecule has 0 spiro atoms. The largest absolute Gasteiger partial charge is 0.294 e. The van der Waals surface area contributed by atoms with E-state index in [4.69, 9.17) is 0 Å². The number of Topliss-reactive ketones (excluding diaryl/α,β-unsaturated/α-hetero) is 1. The van der Waals surface area contributed by atoms with Gasteiger partial charge in [0.1, 0.15) is 0 Å². The summed E-state index contributed by atoms with van der Waals surface area (Å²) in [5.74, 6) is 0.804. The van der Waals surface area contributed by atoms with Gasteiger partial charge in [-0.15, -0.1) is 0 Å². The standard InChI is InChI=1S/C18H26O/c1-13(2)7-8-15-9-11-16(12-10-15)17(19)14(3)18(4,5)6/h7-14H,1-6H3/b8-7+. The molecule has 0 amide bonds. The van der Waals surface area contributed by atoms with Crippen molar-refractivity contribution < 1.29 is 4.79 Å². The average Bonchev–Trinajstić information content (AvgIpc) is 2.34. The Labute approximate surface area is 117 Å². The van der Waals surface area contributed by atoms with E-state index in [1.54, 1.807) is 0 Å². The second-order valence-corrected chi connectivity index (χ2v) is 6.68. The average molecular weight is 258 g/mol. The van der Waals surface area contributed by atoms with Crippen LogP contribution < -0.4 is 0 Å². The highest BCUT2D eigenvalue weighted by atomic mass is 16.1. The molecule has 0 aliphatic heterocycles. The van der Waals surface area contributed by atoms with Crippen molar-refractivity contribution in [2.45, 2.75) is 41.5 Å². The molecule has 1 aromatic rings. The van der Waals surface area contributed by atoms with Crippen molar-refractivity contribution in [3.05, 3.63) is 41.5 Å². The molecule has 0 aromatic heterocycles. The molecular weight excluding hydrogens is 232 g/mol. The van der Waals surface area contributed by atoms with Crippen LogP contribution in [0.2, 0.25) is 0 Å². The third kappa shape index (κ3) is 4.66. The molecule has 0 radical (unpaired) electrons. The third-order valence-electron chi connectivity index (χ3n) is 3.56. The van der Waals surface area contributed by atoms with Crippen LogP contribution in [0.1, 0.15) is 57.5 Å². The van der Waals surface area contributed by atoms with Gasteiger partial charge in [0, 0.05) is 11.5 Å².